The van der Waals surface area contributed by atoms with Crippen molar-refractivity contribution in [2.24, 2.45) is 17.6 Å². The number of hydrogen-bond acceptors (Lipinski definition) is 10. The molecule has 0 saturated heterocycles. The van der Waals surface area contributed by atoms with Crippen LogP contribution in [0.3, 0.4) is 0 Å². The number of amides is 2. The van der Waals surface area contributed by atoms with Crippen molar-refractivity contribution in [2.45, 2.75) is 45.3 Å². The normalized spacial score (nSPS) is 26.3. The molecule has 0 heterocycles. The van der Waals surface area contributed by atoms with Gasteiger partial charge in [-0.25, -0.2) is 0 Å². The molecule has 1 aromatic carbocycles. The van der Waals surface area contributed by atoms with Gasteiger partial charge in [0.2, 0.25) is 11.7 Å². The summed E-state index contributed by atoms with van der Waals surface area (Å²) in [6.07, 6.45) is 0.159. The summed E-state index contributed by atoms with van der Waals surface area (Å²) in [5.74, 6) is -7.69. The Morgan fingerprint density at radius 1 is 1.15 bits per heavy atom. The standard InChI is InChI=1S/C27H34N4O8/c1-6-31(7-2)16-10-15(29-11(3)32)21(33)18-13(16)8-12-9-14-20(30(4)5)23(35)19(26(28)38)25(37)27(14,39)24(36)17(12)22(18)34/h10,12,14,20,33,35-36,39H,6-9H2,1-5H3,(H2,28,38)(H,29,32)/t12?,14?,20-,27-/m0/s1. The van der Waals surface area contributed by atoms with Gasteiger partial charge in [0.15, 0.2) is 17.1 Å². The fourth-order valence-electron chi connectivity index (χ4n) is 6.43. The molecule has 0 spiro atoms. The zero-order valence-electron chi connectivity index (χ0n) is 22.5. The Bertz CT molecular complexity index is 1360. The maximum Gasteiger partial charge on any atom is 0.255 e. The van der Waals surface area contributed by atoms with Gasteiger partial charge in [0.1, 0.15) is 17.1 Å². The third kappa shape index (κ3) is 3.97. The summed E-state index contributed by atoms with van der Waals surface area (Å²) in [7, 11) is 3.15. The van der Waals surface area contributed by atoms with Crippen molar-refractivity contribution in [3.8, 4) is 5.75 Å². The number of hydrogen-bond donors (Lipinski definition) is 6. The maximum atomic E-state index is 14.0. The van der Waals surface area contributed by atoms with Crippen LogP contribution >= 0.6 is 0 Å². The lowest BCUT2D eigenvalue weighted by molar-refractivity contribution is -0.148. The van der Waals surface area contributed by atoms with E-state index in [0.29, 0.717) is 24.3 Å². The molecular formula is C27H34N4O8. The van der Waals surface area contributed by atoms with Crippen LogP contribution in [-0.2, 0) is 20.8 Å². The van der Waals surface area contributed by atoms with Crippen LogP contribution in [-0.4, -0.2) is 87.5 Å². The molecule has 4 rings (SSSR count). The monoisotopic (exact) mass is 542 g/mol. The van der Waals surface area contributed by atoms with Crippen molar-refractivity contribution in [2.75, 3.05) is 37.4 Å². The molecule has 0 aliphatic heterocycles. The highest BCUT2D eigenvalue weighted by atomic mass is 16.3. The Morgan fingerprint density at radius 2 is 1.77 bits per heavy atom. The van der Waals surface area contributed by atoms with Crippen molar-refractivity contribution in [1.29, 1.82) is 0 Å². The van der Waals surface area contributed by atoms with E-state index in [4.69, 9.17) is 5.73 Å². The molecule has 7 N–H and O–H groups in total. The first-order valence-corrected chi connectivity index (χ1v) is 12.8. The van der Waals surface area contributed by atoms with Crippen LogP contribution < -0.4 is 16.0 Å². The summed E-state index contributed by atoms with van der Waals surface area (Å²) in [6, 6.07) is 0.539. The predicted molar refractivity (Wildman–Crippen MR) is 142 cm³/mol. The SMILES string of the molecule is CCN(CC)c1cc(NC(C)=O)c(O)c2c1CC1CC3[C@H](N(C)C)C(O)=C(C(N)=O)C(=O)[C@@]3(O)C(O)=C1C2=O. The molecule has 1 aromatic rings. The van der Waals surface area contributed by atoms with Gasteiger partial charge >= 0.3 is 0 Å². The average Bonchev–Trinajstić information content (AvgIpc) is 2.84. The fourth-order valence-corrected chi connectivity index (χ4v) is 6.43. The van der Waals surface area contributed by atoms with Crippen LogP contribution in [0.1, 0.15) is 43.1 Å². The molecule has 0 aromatic heterocycles. The summed E-state index contributed by atoms with van der Waals surface area (Å²) in [5.41, 5.74) is 2.52. The number of fused-ring (bicyclic) bond motifs is 3. The number of rotatable bonds is 6. The molecule has 0 bridgehead atoms. The summed E-state index contributed by atoms with van der Waals surface area (Å²) >= 11 is 0. The number of aromatic hydroxyl groups is 1. The van der Waals surface area contributed by atoms with Gasteiger partial charge in [0.25, 0.3) is 5.91 Å². The number of nitrogens with zero attached hydrogens (tertiary/aromatic N) is 2. The number of nitrogens with two attached hydrogens (primary N) is 1. The Morgan fingerprint density at radius 3 is 2.28 bits per heavy atom. The molecule has 0 fully saturated rings. The number of aliphatic hydroxyl groups excluding tert-OH is 2. The molecular weight excluding hydrogens is 508 g/mol. The molecule has 4 atom stereocenters. The summed E-state index contributed by atoms with van der Waals surface area (Å²) < 4.78 is 0. The number of allylic oxidation sites excluding steroid dienone is 1. The van der Waals surface area contributed by atoms with Gasteiger partial charge < -0.3 is 36.4 Å². The lowest BCUT2D eigenvalue weighted by Crippen LogP contribution is -2.63. The molecule has 2 unspecified atom stereocenters. The number of benzene rings is 1. The lowest BCUT2D eigenvalue weighted by Gasteiger charge is -2.50. The van der Waals surface area contributed by atoms with E-state index in [0.717, 1.165) is 0 Å². The first-order chi connectivity index (χ1) is 18.2. The highest BCUT2D eigenvalue weighted by molar-refractivity contribution is 6.25. The number of nitrogens with one attached hydrogen (secondary N) is 1. The van der Waals surface area contributed by atoms with Gasteiger partial charge in [-0.3, -0.25) is 24.1 Å². The fraction of sp³-hybridized carbons (Fsp3) is 0.481. The molecule has 39 heavy (non-hydrogen) atoms. The van der Waals surface area contributed by atoms with Crippen molar-refractivity contribution < 1.29 is 39.6 Å². The highest BCUT2D eigenvalue weighted by Crippen LogP contribution is 2.54. The van der Waals surface area contributed by atoms with Gasteiger partial charge in [0.05, 0.1) is 17.3 Å². The number of anilines is 2. The third-order valence-corrected chi connectivity index (χ3v) is 8.11. The molecule has 3 aliphatic carbocycles. The number of primary amides is 1. The maximum absolute atomic E-state index is 14.0. The third-order valence-electron chi connectivity index (χ3n) is 8.11. The van der Waals surface area contributed by atoms with E-state index in [9.17, 15) is 39.6 Å². The van der Waals surface area contributed by atoms with E-state index >= 15 is 0 Å². The zero-order valence-corrected chi connectivity index (χ0v) is 22.5. The molecule has 0 saturated carbocycles. The molecule has 12 heteroatoms. The second-order valence-electron chi connectivity index (χ2n) is 10.5. The van der Waals surface area contributed by atoms with Gasteiger partial charge in [-0.2, -0.15) is 0 Å². The van der Waals surface area contributed by atoms with Crippen molar-refractivity contribution in [1.82, 2.24) is 4.90 Å². The Balaban J connectivity index is 2.00. The molecule has 210 valence electrons. The van der Waals surface area contributed by atoms with Crippen molar-refractivity contribution >= 4 is 34.8 Å². The van der Waals surface area contributed by atoms with E-state index < -0.39 is 69.7 Å². The van der Waals surface area contributed by atoms with Crippen LogP contribution in [0.25, 0.3) is 0 Å². The largest absolute Gasteiger partial charge is 0.510 e. The molecule has 0 radical (unpaired) electrons. The number of carbonyl (C=O) groups is 4. The lowest BCUT2D eigenvalue weighted by atomic mass is 9.58. The zero-order chi connectivity index (χ0) is 29.1. The first kappa shape index (κ1) is 28.1. The smallest absolute Gasteiger partial charge is 0.255 e. The number of likely N-dealkylation sites (N-methyl/N-ethyl adjacent to an activating group) is 1. The predicted octanol–water partition coefficient (Wildman–Crippen LogP) is 0.925. The summed E-state index contributed by atoms with van der Waals surface area (Å²) in [6.45, 7) is 6.23. The van der Waals surface area contributed by atoms with E-state index in [1.54, 1.807) is 20.2 Å². The van der Waals surface area contributed by atoms with Gasteiger partial charge in [-0.15, -0.1) is 0 Å². The minimum Gasteiger partial charge on any atom is -0.510 e. The second kappa shape index (κ2) is 9.69. The quantitative estimate of drug-likeness (QED) is 0.222. The molecule has 2 amide bonds. The Hall–Kier alpha value is -3.90. The van der Waals surface area contributed by atoms with E-state index in [2.05, 4.69) is 5.32 Å². The van der Waals surface area contributed by atoms with Crippen molar-refractivity contribution in [3.05, 3.63) is 39.9 Å². The summed E-state index contributed by atoms with van der Waals surface area (Å²) in [4.78, 5) is 54.8. The number of aliphatic hydroxyl groups is 3. The highest BCUT2D eigenvalue weighted by Gasteiger charge is 2.63. The van der Waals surface area contributed by atoms with Crippen LogP contribution in [0.4, 0.5) is 11.4 Å². The van der Waals surface area contributed by atoms with E-state index in [1.165, 1.54) is 11.8 Å². The van der Waals surface area contributed by atoms with E-state index in [1.807, 2.05) is 18.7 Å². The van der Waals surface area contributed by atoms with Gasteiger partial charge in [0, 0.05) is 37.2 Å². The van der Waals surface area contributed by atoms with Crippen LogP contribution in [0, 0.1) is 11.8 Å². The molecule has 12 nitrogen and oxygen atoms in total. The van der Waals surface area contributed by atoms with Gasteiger partial charge in [-0.1, -0.05) is 0 Å². The summed E-state index contributed by atoms with van der Waals surface area (Å²) in [5, 5.41) is 47.7. The van der Waals surface area contributed by atoms with Crippen LogP contribution in [0.5, 0.6) is 5.75 Å². The van der Waals surface area contributed by atoms with Crippen LogP contribution in [0.15, 0.2) is 28.7 Å². The number of ketones is 2. The number of Topliss-reactive ketones (excluding diaryl/α,β-unsaturated/α-hetero) is 2. The minimum atomic E-state index is -2.71. The Kier molecular flexibility index (Phi) is 6.98. The number of phenolic OH excluding ortho intramolecular Hbond substituents is 1. The topological polar surface area (TPSA) is 194 Å². The Labute approximate surface area is 225 Å². The minimum absolute atomic E-state index is 0.00232. The average molecular weight is 543 g/mol. The van der Waals surface area contributed by atoms with Crippen molar-refractivity contribution in [3.63, 3.8) is 0 Å². The molecule has 3 aliphatic rings. The first-order valence-electron chi connectivity index (χ1n) is 12.8. The van der Waals surface area contributed by atoms with E-state index in [-0.39, 0.29) is 29.7 Å². The second-order valence-corrected chi connectivity index (χ2v) is 10.5. The van der Waals surface area contributed by atoms with Gasteiger partial charge in [-0.05, 0) is 58.3 Å². The van der Waals surface area contributed by atoms with Crippen LogP contribution in [0.2, 0.25) is 0 Å². The number of phenols is 1. The number of carbonyl (C=O) groups excluding carboxylic acids is 4.